The van der Waals surface area contributed by atoms with Gasteiger partial charge in [-0.3, -0.25) is 10.1 Å². The molecule has 0 heterocycles. The first kappa shape index (κ1) is 16.0. The van der Waals surface area contributed by atoms with E-state index in [-0.39, 0.29) is 18.1 Å². The number of hydrogen-bond acceptors (Lipinski definition) is 3. The summed E-state index contributed by atoms with van der Waals surface area (Å²) < 4.78 is 5.33. The van der Waals surface area contributed by atoms with Gasteiger partial charge in [0, 0.05) is 11.1 Å². The van der Waals surface area contributed by atoms with E-state index in [1.54, 1.807) is 6.92 Å². The van der Waals surface area contributed by atoms with Gasteiger partial charge in [0.05, 0.1) is 0 Å². The molecule has 0 fully saturated rings. The van der Waals surface area contributed by atoms with E-state index in [2.05, 4.69) is 5.32 Å². The minimum absolute atomic E-state index is 0.0174. The average molecular weight is 284 g/mol. The van der Waals surface area contributed by atoms with E-state index in [1.165, 1.54) is 0 Å². The van der Waals surface area contributed by atoms with Crippen molar-refractivity contribution in [3.05, 3.63) is 34.9 Å². The highest BCUT2D eigenvalue weighted by atomic mass is 35.5. The van der Waals surface area contributed by atoms with Crippen LogP contribution in [0.15, 0.2) is 24.3 Å². The molecule has 3 nitrogen and oxygen atoms in total. The Labute approximate surface area is 120 Å². The Bertz CT molecular complexity index is 440. The van der Waals surface area contributed by atoms with Crippen LogP contribution >= 0.6 is 11.6 Å². The highest BCUT2D eigenvalue weighted by Gasteiger charge is 2.23. The van der Waals surface area contributed by atoms with Crippen molar-refractivity contribution in [1.29, 1.82) is 0 Å². The Morgan fingerprint density at radius 2 is 1.84 bits per heavy atom. The van der Waals surface area contributed by atoms with Crippen molar-refractivity contribution >= 4 is 17.6 Å². The van der Waals surface area contributed by atoms with Gasteiger partial charge in [-0.15, -0.1) is 0 Å². The van der Waals surface area contributed by atoms with Gasteiger partial charge in [-0.1, -0.05) is 29.8 Å². The topological polar surface area (TPSA) is 38.3 Å². The first-order valence-corrected chi connectivity index (χ1v) is 6.82. The highest BCUT2D eigenvalue weighted by molar-refractivity contribution is 6.31. The minimum atomic E-state index is -0.472. The smallest absolute Gasteiger partial charge is 0.323 e. The van der Waals surface area contributed by atoms with E-state index in [9.17, 15) is 4.79 Å². The molecule has 1 aromatic carbocycles. The summed E-state index contributed by atoms with van der Waals surface area (Å²) in [5, 5.41) is 3.89. The van der Waals surface area contributed by atoms with Crippen LogP contribution in [0.4, 0.5) is 0 Å². The van der Waals surface area contributed by atoms with Crippen molar-refractivity contribution in [3.63, 3.8) is 0 Å². The summed E-state index contributed by atoms with van der Waals surface area (Å²) in [5.74, 6) is -0.258. The van der Waals surface area contributed by atoms with Gasteiger partial charge in [0.2, 0.25) is 0 Å². The molecule has 0 amide bonds. The van der Waals surface area contributed by atoms with Gasteiger partial charge in [0.1, 0.15) is 11.6 Å². The number of benzene rings is 1. The number of esters is 1. The summed E-state index contributed by atoms with van der Waals surface area (Å²) in [4.78, 5) is 11.9. The molecule has 1 aromatic rings. The molecule has 0 spiro atoms. The van der Waals surface area contributed by atoms with Crippen LogP contribution in [0, 0.1) is 0 Å². The summed E-state index contributed by atoms with van der Waals surface area (Å²) in [6.45, 7) is 9.34. The molecule has 0 radical (unpaired) electrons. The lowest BCUT2D eigenvalue weighted by Crippen LogP contribution is -2.40. The number of hydrogen-bond donors (Lipinski definition) is 1. The fourth-order valence-corrected chi connectivity index (χ4v) is 2.05. The van der Waals surface area contributed by atoms with E-state index in [1.807, 2.05) is 52.0 Å². The zero-order valence-corrected chi connectivity index (χ0v) is 12.9. The van der Waals surface area contributed by atoms with Crippen molar-refractivity contribution in [3.8, 4) is 0 Å². The van der Waals surface area contributed by atoms with Crippen LogP contribution in [-0.2, 0) is 9.53 Å². The van der Waals surface area contributed by atoms with E-state index < -0.39 is 5.60 Å². The van der Waals surface area contributed by atoms with Crippen molar-refractivity contribution in [2.45, 2.75) is 52.3 Å². The fourth-order valence-electron chi connectivity index (χ4n) is 1.75. The summed E-state index contributed by atoms with van der Waals surface area (Å²) in [6.07, 6.45) is 0. The first-order valence-electron chi connectivity index (χ1n) is 6.44. The minimum Gasteiger partial charge on any atom is -0.459 e. The standard InChI is InChI=1S/C15H22ClNO2/c1-10(12-8-6-7-9-13(12)16)17-11(2)14(18)19-15(3,4)5/h6-11,17H,1-5H3/t10-,11?/m0/s1. The lowest BCUT2D eigenvalue weighted by Gasteiger charge is -2.25. The lowest BCUT2D eigenvalue weighted by molar-refractivity contribution is -0.157. The van der Waals surface area contributed by atoms with Crippen molar-refractivity contribution < 1.29 is 9.53 Å². The first-order chi connectivity index (χ1) is 8.70. The number of rotatable bonds is 4. The number of ether oxygens (including phenoxy) is 1. The van der Waals surface area contributed by atoms with Crippen LogP contribution in [0.5, 0.6) is 0 Å². The number of nitrogens with one attached hydrogen (secondary N) is 1. The van der Waals surface area contributed by atoms with Gasteiger partial charge in [0.25, 0.3) is 0 Å². The van der Waals surface area contributed by atoms with Crippen LogP contribution < -0.4 is 5.32 Å². The summed E-state index contributed by atoms with van der Waals surface area (Å²) >= 11 is 6.13. The number of carbonyl (C=O) groups is 1. The van der Waals surface area contributed by atoms with Gasteiger partial charge in [-0.05, 0) is 46.2 Å². The maximum absolute atomic E-state index is 11.9. The summed E-state index contributed by atoms with van der Waals surface area (Å²) in [5.41, 5.74) is 0.500. The van der Waals surface area contributed by atoms with Gasteiger partial charge >= 0.3 is 5.97 Å². The Kier molecular flexibility index (Phi) is 5.39. The van der Waals surface area contributed by atoms with Crippen LogP contribution in [0.1, 0.15) is 46.2 Å². The Morgan fingerprint density at radius 3 is 2.37 bits per heavy atom. The van der Waals surface area contributed by atoms with Gasteiger partial charge in [-0.25, -0.2) is 0 Å². The maximum Gasteiger partial charge on any atom is 0.323 e. The quantitative estimate of drug-likeness (QED) is 0.856. The van der Waals surface area contributed by atoms with Gasteiger partial charge in [0.15, 0.2) is 0 Å². The molecule has 0 aliphatic carbocycles. The third-order valence-corrected chi connectivity index (χ3v) is 2.98. The van der Waals surface area contributed by atoms with Crippen LogP contribution in [-0.4, -0.2) is 17.6 Å². The van der Waals surface area contributed by atoms with E-state index in [0.717, 1.165) is 5.56 Å². The molecule has 0 bridgehead atoms. The molecule has 0 aliphatic heterocycles. The maximum atomic E-state index is 11.9. The van der Waals surface area contributed by atoms with Crippen molar-refractivity contribution in [1.82, 2.24) is 5.32 Å². The highest BCUT2D eigenvalue weighted by Crippen LogP contribution is 2.22. The van der Waals surface area contributed by atoms with E-state index >= 15 is 0 Å². The number of carbonyl (C=O) groups excluding carboxylic acids is 1. The fraction of sp³-hybridized carbons (Fsp3) is 0.533. The zero-order chi connectivity index (χ0) is 14.6. The van der Waals surface area contributed by atoms with Gasteiger partial charge < -0.3 is 4.74 Å². The average Bonchev–Trinajstić information content (AvgIpc) is 2.27. The Morgan fingerprint density at radius 1 is 1.26 bits per heavy atom. The van der Waals surface area contributed by atoms with Crippen LogP contribution in [0.25, 0.3) is 0 Å². The summed E-state index contributed by atoms with van der Waals surface area (Å²) in [7, 11) is 0. The SMILES string of the molecule is CC(N[C@@H](C)c1ccccc1Cl)C(=O)OC(C)(C)C. The predicted octanol–water partition coefficient (Wildman–Crippen LogP) is 3.72. The second-order valence-corrected chi connectivity index (χ2v) is 6.07. The van der Waals surface area contributed by atoms with Crippen molar-refractivity contribution in [2.24, 2.45) is 0 Å². The molecule has 1 unspecified atom stereocenters. The molecule has 19 heavy (non-hydrogen) atoms. The predicted molar refractivity (Wildman–Crippen MR) is 78.3 cm³/mol. The number of halogens is 1. The molecular weight excluding hydrogens is 262 g/mol. The summed E-state index contributed by atoms with van der Waals surface area (Å²) in [6, 6.07) is 7.20. The largest absolute Gasteiger partial charge is 0.459 e. The Balaban J connectivity index is 2.64. The molecule has 0 saturated heterocycles. The molecule has 0 aliphatic rings. The van der Waals surface area contributed by atoms with E-state index in [4.69, 9.17) is 16.3 Å². The second-order valence-electron chi connectivity index (χ2n) is 5.67. The van der Waals surface area contributed by atoms with E-state index in [0.29, 0.717) is 5.02 Å². The molecule has 4 heteroatoms. The zero-order valence-electron chi connectivity index (χ0n) is 12.2. The van der Waals surface area contributed by atoms with Crippen LogP contribution in [0.3, 0.4) is 0 Å². The molecule has 0 saturated carbocycles. The molecule has 2 atom stereocenters. The molecule has 1 N–H and O–H groups in total. The van der Waals surface area contributed by atoms with Crippen molar-refractivity contribution in [2.75, 3.05) is 0 Å². The third-order valence-electron chi connectivity index (χ3n) is 2.63. The van der Waals surface area contributed by atoms with Gasteiger partial charge in [-0.2, -0.15) is 0 Å². The van der Waals surface area contributed by atoms with Crippen LogP contribution in [0.2, 0.25) is 5.02 Å². The third kappa shape index (κ3) is 5.21. The molecule has 1 rings (SSSR count). The monoisotopic (exact) mass is 283 g/mol. The molecule has 0 aromatic heterocycles. The molecule has 106 valence electrons. The molecular formula is C15H22ClNO2. The Hall–Kier alpha value is -1.06. The lowest BCUT2D eigenvalue weighted by atomic mass is 10.1. The second kappa shape index (κ2) is 6.40. The normalized spacial score (nSPS) is 14.8.